The maximum absolute atomic E-state index is 11.8. The van der Waals surface area contributed by atoms with Crippen molar-refractivity contribution < 1.29 is 9.90 Å². The zero-order chi connectivity index (χ0) is 12.3. The summed E-state index contributed by atoms with van der Waals surface area (Å²) < 4.78 is 0. The molecule has 0 fully saturated rings. The Morgan fingerprint density at radius 2 is 2.06 bits per heavy atom. The highest BCUT2D eigenvalue weighted by atomic mass is 16.3. The molecule has 0 spiro atoms. The first kappa shape index (κ1) is 12.6. The Morgan fingerprint density at radius 1 is 1.44 bits per heavy atom. The Kier molecular flexibility index (Phi) is 3.65. The van der Waals surface area contributed by atoms with Crippen molar-refractivity contribution in [3.05, 3.63) is 29.1 Å². The molecule has 88 valence electrons. The quantitative estimate of drug-likeness (QED) is 0.807. The van der Waals surface area contributed by atoms with Gasteiger partial charge in [-0.1, -0.05) is 0 Å². The van der Waals surface area contributed by atoms with E-state index in [0.29, 0.717) is 11.3 Å². The van der Waals surface area contributed by atoms with Gasteiger partial charge in [0, 0.05) is 12.2 Å². The Balaban J connectivity index is 2.74. The average molecular weight is 222 g/mol. The van der Waals surface area contributed by atoms with E-state index < -0.39 is 5.60 Å². The van der Waals surface area contributed by atoms with Gasteiger partial charge < -0.3 is 10.4 Å². The molecule has 0 unspecified atom stereocenters. The lowest BCUT2D eigenvalue weighted by molar-refractivity contribution is 0.0693. The summed E-state index contributed by atoms with van der Waals surface area (Å²) in [7, 11) is 0. The lowest BCUT2D eigenvalue weighted by Gasteiger charge is -2.17. The summed E-state index contributed by atoms with van der Waals surface area (Å²) in [6.07, 6.45) is 0. The van der Waals surface area contributed by atoms with Crippen molar-refractivity contribution in [1.29, 1.82) is 0 Å². The molecule has 0 atom stereocenters. The normalized spacial score (nSPS) is 11.3. The van der Waals surface area contributed by atoms with Gasteiger partial charge >= 0.3 is 0 Å². The molecule has 0 saturated heterocycles. The van der Waals surface area contributed by atoms with E-state index in [0.717, 1.165) is 5.69 Å². The summed E-state index contributed by atoms with van der Waals surface area (Å²) >= 11 is 0. The van der Waals surface area contributed by atoms with Gasteiger partial charge in [-0.15, -0.1) is 0 Å². The molecule has 0 aromatic carbocycles. The van der Waals surface area contributed by atoms with E-state index in [1.165, 1.54) is 0 Å². The number of hydrogen-bond acceptors (Lipinski definition) is 3. The second kappa shape index (κ2) is 4.61. The lowest BCUT2D eigenvalue weighted by atomic mass is 10.1. The SMILES string of the molecule is Cc1ccc(C(=O)NCC(C)(C)O)c(C)n1. The Labute approximate surface area is 95.7 Å². The molecule has 2 N–H and O–H groups in total. The number of amides is 1. The number of carbonyl (C=O) groups excluding carboxylic acids is 1. The van der Waals surface area contributed by atoms with Crippen LogP contribution in [0.1, 0.15) is 35.6 Å². The van der Waals surface area contributed by atoms with Gasteiger partial charge in [-0.05, 0) is 39.8 Å². The van der Waals surface area contributed by atoms with Crippen molar-refractivity contribution >= 4 is 5.91 Å². The maximum atomic E-state index is 11.8. The lowest BCUT2D eigenvalue weighted by Crippen LogP contribution is -2.38. The fraction of sp³-hybridized carbons (Fsp3) is 0.500. The van der Waals surface area contributed by atoms with Gasteiger partial charge in [-0.2, -0.15) is 0 Å². The highest BCUT2D eigenvalue weighted by molar-refractivity contribution is 5.95. The fourth-order valence-electron chi connectivity index (χ4n) is 1.32. The van der Waals surface area contributed by atoms with Gasteiger partial charge in [0.2, 0.25) is 0 Å². The van der Waals surface area contributed by atoms with E-state index in [9.17, 15) is 9.90 Å². The molecule has 1 aromatic heterocycles. The summed E-state index contributed by atoms with van der Waals surface area (Å²) in [5.41, 5.74) is 1.24. The first-order valence-electron chi connectivity index (χ1n) is 5.24. The Morgan fingerprint density at radius 3 is 2.56 bits per heavy atom. The zero-order valence-corrected chi connectivity index (χ0v) is 10.2. The molecule has 16 heavy (non-hydrogen) atoms. The van der Waals surface area contributed by atoms with Crippen LogP contribution in [0.5, 0.6) is 0 Å². The molecular weight excluding hydrogens is 204 g/mol. The maximum Gasteiger partial charge on any atom is 0.253 e. The second-order valence-corrected chi connectivity index (χ2v) is 4.58. The van der Waals surface area contributed by atoms with Gasteiger partial charge in [0.25, 0.3) is 5.91 Å². The number of pyridine rings is 1. The summed E-state index contributed by atoms with van der Waals surface area (Å²) in [6, 6.07) is 3.55. The van der Waals surface area contributed by atoms with Gasteiger partial charge in [0.15, 0.2) is 0 Å². The molecule has 1 aromatic rings. The van der Waals surface area contributed by atoms with Crippen molar-refractivity contribution in [2.45, 2.75) is 33.3 Å². The van der Waals surface area contributed by atoms with Crippen molar-refractivity contribution in [1.82, 2.24) is 10.3 Å². The number of rotatable bonds is 3. The molecule has 1 amide bonds. The van der Waals surface area contributed by atoms with Gasteiger partial charge in [0.1, 0.15) is 0 Å². The largest absolute Gasteiger partial charge is 0.389 e. The minimum absolute atomic E-state index is 0.202. The van der Waals surface area contributed by atoms with Crippen LogP contribution in [0.2, 0.25) is 0 Å². The monoisotopic (exact) mass is 222 g/mol. The summed E-state index contributed by atoms with van der Waals surface area (Å²) in [6.45, 7) is 7.19. The third-order valence-corrected chi connectivity index (χ3v) is 2.15. The molecule has 0 radical (unpaired) electrons. The molecular formula is C12H18N2O2. The predicted octanol–water partition coefficient (Wildman–Crippen LogP) is 1.20. The summed E-state index contributed by atoms with van der Waals surface area (Å²) in [5.74, 6) is -0.202. The van der Waals surface area contributed by atoms with E-state index in [1.807, 2.05) is 6.92 Å². The molecule has 0 bridgehead atoms. The molecule has 0 saturated carbocycles. The fourth-order valence-corrected chi connectivity index (χ4v) is 1.32. The predicted molar refractivity (Wildman–Crippen MR) is 62.3 cm³/mol. The minimum Gasteiger partial charge on any atom is -0.389 e. The number of aromatic nitrogens is 1. The minimum atomic E-state index is -0.901. The van der Waals surface area contributed by atoms with Crippen LogP contribution >= 0.6 is 0 Å². The first-order valence-corrected chi connectivity index (χ1v) is 5.24. The number of nitrogens with zero attached hydrogens (tertiary/aromatic N) is 1. The molecule has 0 aliphatic carbocycles. The van der Waals surface area contributed by atoms with Crippen LogP contribution in [-0.4, -0.2) is 28.1 Å². The van der Waals surface area contributed by atoms with Crippen LogP contribution in [0.3, 0.4) is 0 Å². The number of carbonyl (C=O) groups is 1. The van der Waals surface area contributed by atoms with E-state index in [-0.39, 0.29) is 12.5 Å². The highest BCUT2D eigenvalue weighted by Crippen LogP contribution is 2.07. The van der Waals surface area contributed by atoms with Crippen LogP contribution < -0.4 is 5.32 Å². The van der Waals surface area contributed by atoms with E-state index in [4.69, 9.17) is 0 Å². The van der Waals surface area contributed by atoms with Crippen LogP contribution in [-0.2, 0) is 0 Å². The van der Waals surface area contributed by atoms with Gasteiger partial charge in [0.05, 0.1) is 16.9 Å². The van der Waals surface area contributed by atoms with Crippen LogP contribution in [0, 0.1) is 13.8 Å². The van der Waals surface area contributed by atoms with E-state index >= 15 is 0 Å². The third-order valence-electron chi connectivity index (χ3n) is 2.15. The van der Waals surface area contributed by atoms with Crippen LogP contribution in [0.15, 0.2) is 12.1 Å². The van der Waals surface area contributed by atoms with E-state index in [2.05, 4.69) is 10.3 Å². The summed E-state index contributed by atoms with van der Waals surface area (Å²) in [5, 5.41) is 12.2. The molecule has 0 aliphatic rings. The number of aryl methyl sites for hydroxylation is 2. The van der Waals surface area contributed by atoms with Crippen molar-refractivity contribution in [3.8, 4) is 0 Å². The second-order valence-electron chi connectivity index (χ2n) is 4.58. The highest BCUT2D eigenvalue weighted by Gasteiger charge is 2.16. The topological polar surface area (TPSA) is 62.2 Å². The molecule has 1 rings (SSSR count). The number of aliphatic hydroxyl groups is 1. The molecule has 4 heteroatoms. The van der Waals surface area contributed by atoms with Crippen molar-refractivity contribution in [2.75, 3.05) is 6.54 Å². The van der Waals surface area contributed by atoms with Gasteiger partial charge in [-0.25, -0.2) is 0 Å². The molecule has 4 nitrogen and oxygen atoms in total. The number of hydrogen-bond donors (Lipinski definition) is 2. The summed E-state index contributed by atoms with van der Waals surface area (Å²) in [4.78, 5) is 16.0. The molecule has 1 heterocycles. The van der Waals surface area contributed by atoms with Crippen LogP contribution in [0.25, 0.3) is 0 Å². The zero-order valence-electron chi connectivity index (χ0n) is 10.2. The average Bonchev–Trinajstić information content (AvgIpc) is 2.13. The standard InChI is InChI=1S/C12H18N2O2/c1-8-5-6-10(9(2)14-8)11(15)13-7-12(3,4)16/h5-6,16H,7H2,1-4H3,(H,13,15). The van der Waals surface area contributed by atoms with Crippen LogP contribution in [0.4, 0.5) is 0 Å². The first-order chi connectivity index (χ1) is 7.29. The Bertz CT molecular complexity index is 394. The smallest absolute Gasteiger partial charge is 0.253 e. The third kappa shape index (κ3) is 3.62. The Hall–Kier alpha value is -1.42. The molecule has 0 aliphatic heterocycles. The van der Waals surface area contributed by atoms with Crippen molar-refractivity contribution in [3.63, 3.8) is 0 Å². The van der Waals surface area contributed by atoms with E-state index in [1.54, 1.807) is 32.9 Å². The number of nitrogens with one attached hydrogen (secondary N) is 1. The van der Waals surface area contributed by atoms with Crippen molar-refractivity contribution in [2.24, 2.45) is 0 Å². The van der Waals surface area contributed by atoms with Gasteiger partial charge in [-0.3, -0.25) is 9.78 Å².